The highest BCUT2D eigenvalue weighted by Crippen LogP contribution is 2.19. The number of anilines is 1. The van der Waals surface area contributed by atoms with E-state index in [-0.39, 0.29) is 0 Å². The molecule has 0 atom stereocenters. The molecule has 4 heteroatoms. The molecule has 0 spiro atoms. The predicted molar refractivity (Wildman–Crippen MR) is 68.9 cm³/mol. The summed E-state index contributed by atoms with van der Waals surface area (Å²) in [4.78, 5) is 2.38. The zero-order chi connectivity index (χ0) is 11.9. The Kier molecular flexibility index (Phi) is 4.64. The monoisotopic (exact) mass is 236 g/mol. The van der Waals surface area contributed by atoms with E-state index in [1.807, 2.05) is 12.1 Å². The van der Waals surface area contributed by atoms with Crippen molar-refractivity contribution < 1.29 is 9.47 Å². The van der Waals surface area contributed by atoms with Crippen LogP contribution in [0.15, 0.2) is 24.3 Å². The maximum atomic E-state index is 5.53. The van der Waals surface area contributed by atoms with Gasteiger partial charge in [0.2, 0.25) is 0 Å². The first kappa shape index (κ1) is 12.2. The predicted octanol–water partition coefficient (Wildman–Crippen LogP) is 1.12. The minimum Gasteiger partial charge on any atom is -0.491 e. The van der Waals surface area contributed by atoms with Gasteiger partial charge in [0.25, 0.3) is 0 Å². The molecule has 0 radical (unpaired) electrons. The number of nitrogens with zero attached hydrogens (tertiary/aromatic N) is 1. The standard InChI is InChI=1S/C13H20N2O2/c1-16-10-11-17-13-4-2-12(3-5-13)15-8-6-14-7-9-15/h2-5,14H,6-11H2,1H3. The fourth-order valence-electron chi connectivity index (χ4n) is 1.92. The summed E-state index contributed by atoms with van der Waals surface area (Å²) in [7, 11) is 1.68. The SMILES string of the molecule is COCCOc1ccc(N2CCNCC2)cc1. The van der Waals surface area contributed by atoms with E-state index in [4.69, 9.17) is 9.47 Å². The van der Waals surface area contributed by atoms with Crippen molar-refractivity contribution in [1.82, 2.24) is 5.32 Å². The van der Waals surface area contributed by atoms with Crippen LogP contribution in [0.4, 0.5) is 5.69 Å². The van der Waals surface area contributed by atoms with Crippen LogP contribution in [-0.2, 0) is 4.74 Å². The number of ether oxygens (including phenoxy) is 2. The minimum atomic E-state index is 0.601. The Bertz CT molecular complexity index is 321. The second-order valence-electron chi connectivity index (χ2n) is 4.07. The summed E-state index contributed by atoms with van der Waals surface area (Å²) >= 11 is 0. The Labute approximate surface area is 103 Å². The lowest BCUT2D eigenvalue weighted by Crippen LogP contribution is -2.43. The molecule has 0 saturated carbocycles. The fourth-order valence-corrected chi connectivity index (χ4v) is 1.92. The summed E-state index contributed by atoms with van der Waals surface area (Å²) < 4.78 is 10.5. The van der Waals surface area contributed by atoms with Crippen LogP contribution in [0.25, 0.3) is 0 Å². The Balaban J connectivity index is 1.88. The average molecular weight is 236 g/mol. The van der Waals surface area contributed by atoms with Crippen molar-refractivity contribution >= 4 is 5.69 Å². The number of hydrogen-bond acceptors (Lipinski definition) is 4. The zero-order valence-electron chi connectivity index (χ0n) is 10.3. The van der Waals surface area contributed by atoms with Crippen molar-refractivity contribution in [3.05, 3.63) is 24.3 Å². The third kappa shape index (κ3) is 3.61. The van der Waals surface area contributed by atoms with E-state index in [9.17, 15) is 0 Å². The topological polar surface area (TPSA) is 33.7 Å². The lowest BCUT2D eigenvalue weighted by molar-refractivity contribution is 0.146. The van der Waals surface area contributed by atoms with Gasteiger partial charge in [-0.25, -0.2) is 0 Å². The van der Waals surface area contributed by atoms with Gasteiger partial charge in [-0.3, -0.25) is 0 Å². The summed E-state index contributed by atoms with van der Waals surface area (Å²) in [5.74, 6) is 0.904. The van der Waals surface area contributed by atoms with Crippen LogP contribution in [0, 0.1) is 0 Å². The zero-order valence-corrected chi connectivity index (χ0v) is 10.3. The molecule has 1 aromatic rings. The Morgan fingerprint density at radius 1 is 1.12 bits per heavy atom. The molecule has 2 rings (SSSR count). The maximum Gasteiger partial charge on any atom is 0.119 e. The number of piperazine rings is 1. The molecule has 0 aromatic heterocycles. The maximum absolute atomic E-state index is 5.53. The van der Waals surface area contributed by atoms with Crippen molar-refractivity contribution in [1.29, 1.82) is 0 Å². The van der Waals surface area contributed by atoms with Crippen LogP contribution in [0.2, 0.25) is 0 Å². The number of hydrogen-bond donors (Lipinski definition) is 1. The first-order chi connectivity index (χ1) is 8.40. The van der Waals surface area contributed by atoms with Gasteiger partial charge in [0.15, 0.2) is 0 Å². The molecule has 4 nitrogen and oxygen atoms in total. The van der Waals surface area contributed by atoms with Gasteiger partial charge >= 0.3 is 0 Å². The van der Waals surface area contributed by atoms with Crippen molar-refractivity contribution in [2.24, 2.45) is 0 Å². The third-order valence-electron chi connectivity index (χ3n) is 2.88. The molecule has 0 bridgehead atoms. The highest BCUT2D eigenvalue weighted by molar-refractivity contribution is 5.49. The number of methoxy groups -OCH3 is 1. The van der Waals surface area contributed by atoms with E-state index < -0.39 is 0 Å². The number of benzene rings is 1. The molecular formula is C13H20N2O2. The molecule has 17 heavy (non-hydrogen) atoms. The molecule has 94 valence electrons. The molecule has 0 amide bonds. The Morgan fingerprint density at radius 2 is 1.82 bits per heavy atom. The summed E-state index contributed by atoms with van der Waals surface area (Å²) in [5.41, 5.74) is 1.27. The van der Waals surface area contributed by atoms with Crippen LogP contribution < -0.4 is 15.0 Å². The van der Waals surface area contributed by atoms with E-state index in [0.717, 1.165) is 31.9 Å². The highest BCUT2D eigenvalue weighted by atomic mass is 16.5. The van der Waals surface area contributed by atoms with Crippen molar-refractivity contribution in [3.8, 4) is 5.75 Å². The van der Waals surface area contributed by atoms with Gasteiger partial charge in [-0.1, -0.05) is 0 Å². The molecule has 1 aliphatic heterocycles. The van der Waals surface area contributed by atoms with Gasteiger partial charge < -0.3 is 19.7 Å². The van der Waals surface area contributed by atoms with Crippen molar-refractivity contribution in [3.63, 3.8) is 0 Å². The van der Waals surface area contributed by atoms with Crippen molar-refractivity contribution in [2.75, 3.05) is 51.4 Å². The van der Waals surface area contributed by atoms with Gasteiger partial charge in [0, 0.05) is 39.0 Å². The van der Waals surface area contributed by atoms with Gasteiger partial charge in [0.05, 0.1) is 6.61 Å². The molecule has 1 N–H and O–H groups in total. The molecule has 0 unspecified atom stereocenters. The van der Waals surface area contributed by atoms with E-state index in [1.165, 1.54) is 5.69 Å². The normalized spacial score (nSPS) is 15.9. The molecule has 1 saturated heterocycles. The summed E-state index contributed by atoms with van der Waals surface area (Å²) in [6.45, 7) is 5.50. The Hall–Kier alpha value is -1.26. The van der Waals surface area contributed by atoms with E-state index in [1.54, 1.807) is 7.11 Å². The van der Waals surface area contributed by atoms with E-state index in [2.05, 4.69) is 22.3 Å². The minimum absolute atomic E-state index is 0.601. The summed E-state index contributed by atoms with van der Waals surface area (Å²) in [6, 6.07) is 8.28. The number of rotatable bonds is 5. The molecule has 1 aromatic carbocycles. The van der Waals surface area contributed by atoms with Gasteiger partial charge in [-0.15, -0.1) is 0 Å². The van der Waals surface area contributed by atoms with E-state index in [0.29, 0.717) is 13.2 Å². The third-order valence-corrected chi connectivity index (χ3v) is 2.88. The molecule has 1 aliphatic rings. The number of nitrogens with one attached hydrogen (secondary N) is 1. The lowest BCUT2D eigenvalue weighted by atomic mass is 10.2. The van der Waals surface area contributed by atoms with Crippen molar-refractivity contribution in [2.45, 2.75) is 0 Å². The van der Waals surface area contributed by atoms with Crippen LogP contribution in [-0.4, -0.2) is 46.5 Å². The highest BCUT2D eigenvalue weighted by Gasteiger charge is 2.09. The van der Waals surface area contributed by atoms with Crippen LogP contribution >= 0.6 is 0 Å². The van der Waals surface area contributed by atoms with Gasteiger partial charge in [-0.2, -0.15) is 0 Å². The molecule has 1 heterocycles. The second kappa shape index (κ2) is 6.47. The van der Waals surface area contributed by atoms with E-state index >= 15 is 0 Å². The van der Waals surface area contributed by atoms with Crippen LogP contribution in [0.3, 0.4) is 0 Å². The lowest BCUT2D eigenvalue weighted by Gasteiger charge is -2.29. The largest absolute Gasteiger partial charge is 0.491 e. The second-order valence-corrected chi connectivity index (χ2v) is 4.07. The molecular weight excluding hydrogens is 216 g/mol. The summed E-state index contributed by atoms with van der Waals surface area (Å²) in [5, 5.41) is 3.35. The first-order valence-corrected chi connectivity index (χ1v) is 6.07. The fraction of sp³-hybridized carbons (Fsp3) is 0.538. The summed E-state index contributed by atoms with van der Waals surface area (Å²) in [6.07, 6.45) is 0. The smallest absolute Gasteiger partial charge is 0.119 e. The molecule has 1 fully saturated rings. The Morgan fingerprint density at radius 3 is 2.47 bits per heavy atom. The van der Waals surface area contributed by atoms with Gasteiger partial charge in [-0.05, 0) is 24.3 Å². The molecule has 0 aliphatic carbocycles. The average Bonchev–Trinajstić information content (AvgIpc) is 2.41. The van der Waals surface area contributed by atoms with Crippen LogP contribution in [0.1, 0.15) is 0 Å². The van der Waals surface area contributed by atoms with Crippen LogP contribution in [0.5, 0.6) is 5.75 Å². The first-order valence-electron chi connectivity index (χ1n) is 6.07. The van der Waals surface area contributed by atoms with Gasteiger partial charge in [0.1, 0.15) is 12.4 Å². The quantitative estimate of drug-likeness (QED) is 0.777.